The highest BCUT2D eigenvalue weighted by atomic mass is 35.5. The molecule has 0 saturated carbocycles. The van der Waals surface area contributed by atoms with Crippen molar-refractivity contribution in [1.82, 2.24) is 20.8 Å². The van der Waals surface area contributed by atoms with Gasteiger partial charge in [-0.3, -0.25) is 9.89 Å². The van der Waals surface area contributed by atoms with Gasteiger partial charge in [0.2, 0.25) is 0 Å². The first kappa shape index (κ1) is 18.0. The molecule has 3 N–H and O–H groups in total. The molecule has 1 aromatic heterocycles. The number of carbonyl (C=O) groups excluding carboxylic acids is 1. The lowest BCUT2D eigenvalue weighted by Gasteiger charge is -2.21. The normalized spacial score (nSPS) is 15.8. The van der Waals surface area contributed by atoms with E-state index in [1.165, 1.54) is 0 Å². The van der Waals surface area contributed by atoms with E-state index in [-0.39, 0.29) is 24.4 Å². The second kappa shape index (κ2) is 7.27. The summed E-state index contributed by atoms with van der Waals surface area (Å²) in [6.07, 6.45) is 2.99. The van der Waals surface area contributed by atoms with Gasteiger partial charge in [0.1, 0.15) is 0 Å². The van der Waals surface area contributed by atoms with Gasteiger partial charge in [-0.25, -0.2) is 0 Å². The maximum atomic E-state index is 12.3. The highest BCUT2D eigenvalue weighted by Crippen LogP contribution is 2.22. The van der Waals surface area contributed by atoms with Crippen molar-refractivity contribution in [3.63, 3.8) is 0 Å². The minimum atomic E-state index is -0.0624. The zero-order valence-corrected chi connectivity index (χ0v) is 14.2. The van der Waals surface area contributed by atoms with Gasteiger partial charge in [0.15, 0.2) is 5.69 Å². The Labute approximate surface area is 133 Å². The molecular formula is C15H27ClN4O. The number of amides is 1. The van der Waals surface area contributed by atoms with Crippen LogP contribution in [0.15, 0.2) is 0 Å². The summed E-state index contributed by atoms with van der Waals surface area (Å²) in [5, 5.41) is 13.5. The lowest BCUT2D eigenvalue weighted by Crippen LogP contribution is -2.35. The summed E-state index contributed by atoms with van der Waals surface area (Å²) in [6, 6.07) is 0.172. The number of nitrogens with one attached hydrogen (secondary N) is 3. The third-order valence-electron chi connectivity index (χ3n) is 3.73. The molecule has 0 bridgehead atoms. The molecule has 0 aliphatic carbocycles. The van der Waals surface area contributed by atoms with Gasteiger partial charge < -0.3 is 10.6 Å². The number of nitrogens with zero attached hydrogens (tertiary/aromatic N) is 1. The molecule has 21 heavy (non-hydrogen) atoms. The average molecular weight is 315 g/mol. The maximum absolute atomic E-state index is 12.3. The van der Waals surface area contributed by atoms with Crippen molar-refractivity contribution >= 4 is 18.3 Å². The fraction of sp³-hybridized carbons (Fsp3) is 0.733. The first-order chi connectivity index (χ1) is 9.37. The first-order valence-electron chi connectivity index (χ1n) is 7.44. The van der Waals surface area contributed by atoms with Crippen molar-refractivity contribution in [3.05, 3.63) is 17.0 Å². The minimum absolute atomic E-state index is 0. The van der Waals surface area contributed by atoms with Crippen molar-refractivity contribution < 1.29 is 4.79 Å². The number of fused-ring (bicyclic) bond motifs is 1. The zero-order valence-electron chi connectivity index (χ0n) is 13.4. The van der Waals surface area contributed by atoms with Crippen LogP contribution in [0.3, 0.4) is 0 Å². The third-order valence-corrected chi connectivity index (χ3v) is 3.73. The number of rotatable bonds is 4. The largest absolute Gasteiger partial charge is 0.348 e. The summed E-state index contributed by atoms with van der Waals surface area (Å²) in [7, 11) is 0. The van der Waals surface area contributed by atoms with Gasteiger partial charge in [-0.1, -0.05) is 20.8 Å². The molecule has 1 aromatic rings. The van der Waals surface area contributed by atoms with Crippen molar-refractivity contribution in [2.75, 3.05) is 6.54 Å². The predicted molar refractivity (Wildman–Crippen MR) is 86.9 cm³/mol. The monoisotopic (exact) mass is 314 g/mol. The van der Waals surface area contributed by atoms with Gasteiger partial charge in [0, 0.05) is 36.8 Å². The van der Waals surface area contributed by atoms with E-state index in [9.17, 15) is 4.79 Å². The summed E-state index contributed by atoms with van der Waals surface area (Å²) in [5.74, 6) is -0.0624. The van der Waals surface area contributed by atoms with Gasteiger partial charge in [-0.05, 0) is 25.2 Å². The number of carbonyl (C=O) groups is 1. The van der Waals surface area contributed by atoms with Crippen LogP contribution in [0.2, 0.25) is 0 Å². The molecule has 0 fully saturated rings. The Hall–Kier alpha value is -1.07. The van der Waals surface area contributed by atoms with E-state index in [4.69, 9.17) is 0 Å². The molecule has 120 valence electrons. The molecule has 2 rings (SSSR count). The van der Waals surface area contributed by atoms with E-state index in [2.05, 4.69) is 48.5 Å². The van der Waals surface area contributed by atoms with Crippen LogP contribution in [0.1, 0.15) is 62.3 Å². The first-order valence-corrected chi connectivity index (χ1v) is 7.44. The van der Waals surface area contributed by atoms with Crippen LogP contribution >= 0.6 is 12.4 Å². The Bertz CT molecular complexity index is 479. The van der Waals surface area contributed by atoms with E-state index in [1.54, 1.807) is 0 Å². The van der Waals surface area contributed by atoms with E-state index >= 15 is 0 Å². The van der Waals surface area contributed by atoms with Crippen molar-refractivity contribution in [1.29, 1.82) is 0 Å². The van der Waals surface area contributed by atoms with Gasteiger partial charge >= 0.3 is 0 Å². The lowest BCUT2D eigenvalue weighted by molar-refractivity contribution is 0.0929. The fourth-order valence-electron chi connectivity index (χ4n) is 2.43. The summed E-state index contributed by atoms with van der Waals surface area (Å²) < 4.78 is 0. The summed E-state index contributed by atoms with van der Waals surface area (Å²) in [4.78, 5) is 12.3. The van der Waals surface area contributed by atoms with E-state index in [0.29, 0.717) is 11.1 Å². The van der Waals surface area contributed by atoms with Gasteiger partial charge in [0.05, 0.1) is 0 Å². The highest BCUT2D eigenvalue weighted by molar-refractivity contribution is 5.94. The van der Waals surface area contributed by atoms with Crippen molar-refractivity contribution in [3.8, 4) is 0 Å². The van der Waals surface area contributed by atoms with Crippen LogP contribution in [-0.4, -0.2) is 28.7 Å². The number of hydrogen-bond acceptors (Lipinski definition) is 3. The quantitative estimate of drug-likeness (QED) is 0.799. The van der Waals surface area contributed by atoms with E-state index in [0.717, 1.165) is 43.6 Å². The minimum Gasteiger partial charge on any atom is -0.348 e. The molecule has 1 amide bonds. The van der Waals surface area contributed by atoms with Crippen LogP contribution in [-0.2, 0) is 13.0 Å². The van der Waals surface area contributed by atoms with Crippen LogP contribution in [0.5, 0.6) is 0 Å². The molecule has 5 nitrogen and oxygen atoms in total. The molecule has 1 aliphatic heterocycles. The molecule has 0 aromatic carbocycles. The molecule has 2 heterocycles. The topological polar surface area (TPSA) is 69.8 Å². The number of H-pyrrole nitrogens is 1. The van der Waals surface area contributed by atoms with Crippen LogP contribution in [0.25, 0.3) is 0 Å². The van der Waals surface area contributed by atoms with Crippen molar-refractivity contribution in [2.24, 2.45) is 5.41 Å². The lowest BCUT2D eigenvalue weighted by atomic mass is 9.89. The Morgan fingerprint density at radius 1 is 1.43 bits per heavy atom. The zero-order chi connectivity index (χ0) is 14.8. The summed E-state index contributed by atoms with van der Waals surface area (Å²) in [5.41, 5.74) is 2.97. The number of hydrogen-bond donors (Lipinski definition) is 3. The van der Waals surface area contributed by atoms with E-state index < -0.39 is 0 Å². The maximum Gasteiger partial charge on any atom is 0.272 e. The standard InChI is InChI=1S/C15H26N4O.ClH/c1-10(5-7-15(2,3)4)17-14(20)13-11-9-16-8-6-12(11)18-19-13;/h10,16H,5-9H2,1-4H3,(H,17,20)(H,18,19);1H. The van der Waals surface area contributed by atoms with Crippen LogP contribution in [0.4, 0.5) is 0 Å². The smallest absolute Gasteiger partial charge is 0.272 e. The number of aromatic amines is 1. The highest BCUT2D eigenvalue weighted by Gasteiger charge is 2.22. The Morgan fingerprint density at radius 2 is 2.14 bits per heavy atom. The molecule has 0 saturated heterocycles. The van der Waals surface area contributed by atoms with E-state index in [1.807, 2.05) is 0 Å². The second-order valence-corrected chi connectivity index (χ2v) is 6.93. The average Bonchev–Trinajstić information content (AvgIpc) is 2.79. The van der Waals surface area contributed by atoms with Gasteiger partial charge in [0.25, 0.3) is 5.91 Å². The Balaban J connectivity index is 0.00000220. The molecule has 1 atom stereocenters. The molecular weight excluding hydrogens is 288 g/mol. The van der Waals surface area contributed by atoms with Crippen LogP contribution < -0.4 is 10.6 Å². The number of aromatic nitrogens is 2. The molecule has 6 heteroatoms. The van der Waals surface area contributed by atoms with Crippen LogP contribution in [0, 0.1) is 5.41 Å². The second-order valence-electron chi connectivity index (χ2n) is 6.93. The van der Waals surface area contributed by atoms with Crippen molar-refractivity contribution in [2.45, 2.75) is 59.5 Å². The predicted octanol–water partition coefficient (Wildman–Crippen LogP) is 2.42. The third kappa shape index (κ3) is 5.00. The SMILES string of the molecule is CC(CCC(C)(C)C)NC(=O)c1n[nH]c2c1CNCC2.Cl. The van der Waals surface area contributed by atoms with Gasteiger partial charge in [-0.2, -0.15) is 5.10 Å². The number of halogens is 1. The Kier molecular flexibility index (Phi) is 6.23. The molecule has 0 spiro atoms. The summed E-state index contributed by atoms with van der Waals surface area (Å²) >= 11 is 0. The molecule has 1 aliphatic rings. The molecule has 1 unspecified atom stereocenters. The summed E-state index contributed by atoms with van der Waals surface area (Å²) in [6.45, 7) is 10.4. The fourth-order valence-corrected chi connectivity index (χ4v) is 2.43. The Morgan fingerprint density at radius 3 is 2.81 bits per heavy atom. The molecule has 0 radical (unpaired) electrons. The van der Waals surface area contributed by atoms with Gasteiger partial charge in [-0.15, -0.1) is 12.4 Å².